The van der Waals surface area contributed by atoms with Crippen molar-refractivity contribution in [1.82, 2.24) is 0 Å². The van der Waals surface area contributed by atoms with Crippen LogP contribution in [0.5, 0.6) is 0 Å². The molecule has 0 radical (unpaired) electrons. The predicted molar refractivity (Wildman–Crippen MR) is 322 cm³/mol. The lowest BCUT2D eigenvalue weighted by Gasteiger charge is -2.37. The van der Waals surface area contributed by atoms with Crippen molar-refractivity contribution in [3.63, 3.8) is 0 Å². The first-order chi connectivity index (χ1) is 34.6. The van der Waals surface area contributed by atoms with Gasteiger partial charge in [-0.05, 0) is 260 Å². The lowest BCUT2D eigenvalue weighted by atomic mass is 9.70. The summed E-state index contributed by atoms with van der Waals surface area (Å²) in [5.74, 6) is 0. The third kappa shape index (κ3) is 7.26. The van der Waals surface area contributed by atoms with Crippen LogP contribution in [-0.2, 0) is 43.3 Å². The van der Waals surface area contributed by atoms with E-state index in [2.05, 4.69) is 178 Å². The maximum atomic E-state index is 2.97. The van der Waals surface area contributed by atoms with Crippen LogP contribution >= 0.6 is 7.72 Å². The molecule has 0 heterocycles. The summed E-state index contributed by atoms with van der Waals surface area (Å²) in [7, 11) is 0.0943. The predicted octanol–water partition coefficient (Wildman–Crippen LogP) is 19.4. The maximum absolute atomic E-state index is 2.97. The number of rotatable bonds is 19. The molecule has 5 aromatic rings. The monoisotopic (exact) mass is 999 g/mol. The first-order valence-corrected chi connectivity index (χ1v) is 33.9. The van der Waals surface area contributed by atoms with Crippen LogP contribution in [0.2, 0.25) is 0 Å². The van der Waals surface area contributed by atoms with Crippen LogP contribution < -0.4 is 15.7 Å². The fourth-order valence-corrected chi connectivity index (χ4v) is 24.9. The van der Waals surface area contributed by atoms with Gasteiger partial charge in [0.25, 0.3) is 0 Å². The number of hydrogen-bond acceptors (Lipinski definition) is 0. The quantitative estimate of drug-likeness (QED) is 0.0439. The number of benzene rings is 5. The van der Waals surface area contributed by atoms with Gasteiger partial charge in [-0.3, -0.25) is 0 Å². The van der Waals surface area contributed by atoms with Crippen molar-refractivity contribution in [1.29, 1.82) is 0 Å². The van der Waals surface area contributed by atoms with Crippen LogP contribution in [0.1, 0.15) is 284 Å². The van der Waals surface area contributed by atoms with E-state index in [0.717, 1.165) is 0 Å². The summed E-state index contributed by atoms with van der Waals surface area (Å²) in [5, 5.41) is 11.0. The van der Waals surface area contributed by atoms with Crippen molar-refractivity contribution in [2.24, 2.45) is 0 Å². The molecule has 4 aliphatic carbocycles. The van der Waals surface area contributed by atoms with Crippen LogP contribution in [0.25, 0.3) is 21.5 Å². The van der Waals surface area contributed by atoms with Gasteiger partial charge in [0.05, 0.1) is 0 Å². The van der Waals surface area contributed by atoms with E-state index in [1.807, 2.05) is 32.7 Å². The van der Waals surface area contributed by atoms with Crippen LogP contribution in [-0.4, -0.2) is 8.05 Å². The van der Waals surface area contributed by atoms with Gasteiger partial charge in [0, 0.05) is 5.30 Å². The Kier molecular flexibility index (Phi) is 14.7. The second-order valence-corrected chi connectivity index (χ2v) is 29.5. The van der Waals surface area contributed by atoms with Crippen LogP contribution in [0.15, 0.2) is 66.7 Å². The van der Waals surface area contributed by atoms with Gasteiger partial charge in [0.1, 0.15) is 8.05 Å². The third-order valence-electron chi connectivity index (χ3n) is 24.0. The van der Waals surface area contributed by atoms with Crippen molar-refractivity contribution in [3.05, 3.63) is 111 Å². The van der Waals surface area contributed by atoms with Gasteiger partial charge in [-0.2, -0.15) is 0 Å². The lowest BCUT2D eigenvalue weighted by molar-refractivity contribution is 0.278. The van der Waals surface area contributed by atoms with E-state index in [4.69, 9.17) is 0 Å². The van der Waals surface area contributed by atoms with Crippen LogP contribution in [0.4, 0.5) is 0 Å². The Balaban J connectivity index is 1.61. The second kappa shape index (κ2) is 19.6. The van der Waals surface area contributed by atoms with Crippen molar-refractivity contribution in [2.75, 3.05) is 0 Å². The van der Waals surface area contributed by atoms with E-state index < -0.39 is 8.05 Å². The van der Waals surface area contributed by atoms with Crippen molar-refractivity contribution in [3.8, 4) is 0 Å². The fourth-order valence-electron chi connectivity index (χ4n) is 18.3. The standard InChI is InChI=1S/C70H99PSi/c1-17-63(18-2)44-67(25-9,26-10)57-53(63)42-54-58(68(27-11,28-12)45-64(54,19-3)20-4)61(57)71-72(52-38-37-50-39-48-35-33-34-36-49(48)40-51(50)41-52)62-59-55(65(21-5,22-6)46-69(59,29-13)30-14)43-56-60(62)70(31-15,32-16)47-66(56,23-7)24-8/h33-43H,17-32,44-47H2,1-16H3. The van der Waals surface area contributed by atoms with Gasteiger partial charge in [0.15, 0.2) is 0 Å². The maximum Gasteiger partial charge on any atom is 0.117 e. The van der Waals surface area contributed by atoms with Gasteiger partial charge in [0.2, 0.25) is 0 Å². The van der Waals surface area contributed by atoms with Crippen molar-refractivity contribution < 1.29 is 0 Å². The number of hydrogen-bond donors (Lipinski definition) is 0. The molecule has 72 heavy (non-hydrogen) atoms. The zero-order chi connectivity index (χ0) is 51.9. The summed E-state index contributed by atoms with van der Waals surface area (Å²) >= 11 is 0. The van der Waals surface area contributed by atoms with E-state index >= 15 is 0 Å². The Labute approximate surface area is 444 Å². The molecule has 5 aromatic carbocycles. The molecule has 0 unspecified atom stereocenters. The van der Waals surface area contributed by atoms with Crippen LogP contribution in [0.3, 0.4) is 0 Å². The summed E-state index contributed by atoms with van der Waals surface area (Å²) in [6.45, 7) is 41.3. The molecule has 2 heteroatoms. The molecule has 4 aliphatic rings. The van der Waals surface area contributed by atoms with Gasteiger partial charge >= 0.3 is 0 Å². The van der Waals surface area contributed by atoms with Crippen LogP contribution in [0, 0.1) is 0 Å². The van der Waals surface area contributed by atoms with Gasteiger partial charge in [-0.15, -0.1) is 0 Å². The Morgan fingerprint density at radius 2 is 0.611 bits per heavy atom. The van der Waals surface area contributed by atoms with Gasteiger partial charge in [-0.25, -0.2) is 0 Å². The lowest BCUT2D eigenvalue weighted by Crippen LogP contribution is -2.45. The minimum atomic E-state index is -1.56. The normalized spacial score (nSPS) is 21.0. The summed E-state index contributed by atoms with van der Waals surface area (Å²) in [6.07, 6.45) is 24.9. The van der Waals surface area contributed by atoms with Crippen molar-refractivity contribution >= 4 is 53.0 Å². The average Bonchev–Trinajstić information content (AvgIpc) is 4.11. The Morgan fingerprint density at radius 1 is 0.319 bits per heavy atom. The Bertz CT molecular complexity index is 2730. The highest BCUT2D eigenvalue weighted by Crippen LogP contribution is 2.65. The number of fused-ring (bicyclic) bond motifs is 6. The van der Waals surface area contributed by atoms with E-state index in [1.165, 1.54) is 150 Å². The molecule has 0 saturated carbocycles. The fraction of sp³-hybridized carbons (Fsp3) is 0.629. The van der Waals surface area contributed by atoms with E-state index in [9.17, 15) is 0 Å². The SMILES string of the molecule is CCC1(CC)CC(CC)(CC)c2c1cc1c(c2P=[Si](c2ccc3cc4ccccc4cc3c2)c2c3c(cc4c2C(CC)(CC)CC4(CC)CC)C(CC)(CC)CC3(CC)CC)C(CC)(CC)CC1(CC)CC. The molecule has 388 valence electrons. The molecule has 0 atom stereocenters. The van der Waals surface area contributed by atoms with E-state index in [0.29, 0.717) is 0 Å². The highest BCUT2D eigenvalue weighted by molar-refractivity contribution is 7.63. The molecule has 9 rings (SSSR count). The minimum absolute atomic E-state index is 0.161. The first-order valence-electron chi connectivity index (χ1n) is 30.6. The topological polar surface area (TPSA) is 0 Å². The molecule has 0 nitrogen and oxygen atoms in total. The zero-order valence-corrected chi connectivity index (χ0v) is 50.8. The third-order valence-corrected chi connectivity index (χ3v) is 29.5. The molecule has 0 fully saturated rings. The largest absolute Gasteiger partial charge is 0.117 e. The summed E-state index contributed by atoms with van der Waals surface area (Å²) in [5.41, 5.74) is 16.1. The molecule has 0 N–H and O–H groups in total. The second-order valence-electron chi connectivity index (χ2n) is 25.0. The Hall–Kier alpha value is -2.86. The Morgan fingerprint density at radius 3 is 0.944 bits per heavy atom. The zero-order valence-electron chi connectivity index (χ0n) is 48.9. The highest BCUT2D eigenvalue weighted by atomic mass is 31.2. The highest BCUT2D eigenvalue weighted by Gasteiger charge is 2.59. The molecule has 0 aromatic heterocycles. The van der Waals surface area contributed by atoms with E-state index in [1.54, 1.807) is 35.2 Å². The molecule has 0 aliphatic heterocycles. The van der Waals surface area contributed by atoms with Gasteiger partial charge in [-0.1, -0.05) is 173 Å². The summed E-state index contributed by atoms with van der Waals surface area (Å²) in [6, 6.07) is 28.2. The van der Waals surface area contributed by atoms with E-state index in [-0.39, 0.29) is 43.3 Å². The molecular formula is C70H99PSi. The smallest absolute Gasteiger partial charge is 0.0896 e. The average molecular weight is 1000 g/mol. The van der Waals surface area contributed by atoms with Gasteiger partial charge < -0.3 is 0 Å². The molecule has 0 bridgehead atoms. The summed E-state index contributed by atoms with van der Waals surface area (Å²) in [4.78, 5) is 0. The molecular weight excluding hydrogens is 900 g/mol. The molecule has 0 saturated heterocycles. The first kappa shape index (κ1) is 53.9. The molecule has 0 spiro atoms. The summed E-state index contributed by atoms with van der Waals surface area (Å²) < 4.78 is 0. The minimum Gasteiger partial charge on any atom is -0.0896 e. The molecule has 0 amide bonds. The van der Waals surface area contributed by atoms with Crippen molar-refractivity contribution in [2.45, 2.75) is 283 Å².